The van der Waals surface area contributed by atoms with Crippen molar-refractivity contribution in [3.63, 3.8) is 0 Å². The van der Waals surface area contributed by atoms with Crippen LogP contribution < -0.4 is 9.47 Å². The lowest BCUT2D eigenvalue weighted by molar-refractivity contribution is 0.354. The summed E-state index contributed by atoms with van der Waals surface area (Å²) < 4.78 is 10.6. The second kappa shape index (κ2) is 7.34. The fourth-order valence-electron chi connectivity index (χ4n) is 1.20. The number of rotatable bonds is 6. The summed E-state index contributed by atoms with van der Waals surface area (Å²) in [5.41, 5.74) is 0.930. The summed E-state index contributed by atoms with van der Waals surface area (Å²) in [4.78, 5) is 0. The Bertz CT molecular complexity index is 399. The van der Waals surface area contributed by atoms with E-state index in [9.17, 15) is 0 Å². The molecule has 1 rings (SSSR count). The van der Waals surface area contributed by atoms with Crippen molar-refractivity contribution in [3.8, 4) is 11.5 Å². The van der Waals surface area contributed by atoms with Gasteiger partial charge in [0.1, 0.15) is 18.1 Å². The molecule has 90 valence electrons. The third-order valence-electron chi connectivity index (χ3n) is 2.12. The molecule has 0 unspecified atom stereocenters. The van der Waals surface area contributed by atoms with Gasteiger partial charge >= 0.3 is 0 Å². The lowest BCUT2D eigenvalue weighted by Gasteiger charge is -2.06. The fourth-order valence-corrected chi connectivity index (χ4v) is 1.20. The van der Waals surface area contributed by atoms with Crippen LogP contribution in [0.3, 0.4) is 0 Å². The van der Waals surface area contributed by atoms with Crippen LogP contribution in [0.2, 0.25) is 0 Å². The van der Waals surface area contributed by atoms with E-state index < -0.39 is 0 Å². The monoisotopic (exact) mass is 230 g/mol. The number of ether oxygens (including phenoxy) is 2. The first-order chi connectivity index (χ1) is 8.26. The zero-order valence-corrected chi connectivity index (χ0v) is 10.3. The second-order valence-corrected chi connectivity index (χ2v) is 3.51. The van der Waals surface area contributed by atoms with Crippen LogP contribution >= 0.6 is 0 Å². The molecule has 0 saturated heterocycles. The number of benzene rings is 1. The summed E-state index contributed by atoms with van der Waals surface area (Å²) in [6.07, 6.45) is 7.80. The molecule has 0 amide bonds. The Morgan fingerprint density at radius 2 is 1.82 bits per heavy atom. The van der Waals surface area contributed by atoms with E-state index in [-0.39, 0.29) is 0 Å². The van der Waals surface area contributed by atoms with Crippen LogP contribution in [0.4, 0.5) is 0 Å². The summed E-state index contributed by atoms with van der Waals surface area (Å²) in [6.45, 7) is 6.36. The van der Waals surface area contributed by atoms with E-state index in [1.54, 1.807) is 7.11 Å². The molecule has 0 radical (unpaired) electrons. The maximum atomic E-state index is 5.57. The summed E-state index contributed by atoms with van der Waals surface area (Å²) in [5.74, 6) is 1.63. The highest BCUT2D eigenvalue weighted by atomic mass is 16.5. The first kappa shape index (κ1) is 13.1. The minimum atomic E-state index is 0.486. The van der Waals surface area contributed by atoms with Gasteiger partial charge in [-0.2, -0.15) is 0 Å². The molecule has 0 N–H and O–H groups in total. The molecule has 0 aliphatic heterocycles. The molecule has 1 aromatic rings. The summed E-state index contributed by atoms with van der Waals surface area (Å²) in [5, 5.41) is 0. The van der Waals surface area contributed by atoms with Gasteiger partial charge in [0.15, 0.2) is 0 Å². The van der Waals surface area contributed by atoms with Gasteiger partial charge in [-0.3, -0.25) is 0 Å². The average Bonchev–Trinajstić information content (AvgIpc) is 2.37. The van der Waals surface area contributed by atoms with E-state index >= 15 is 0 Å². The molecule has 17 heavy (non-hydrogen) atoms. The molecule has 0 aliphatic carbocycles. The van der Waals surface area contributed by atoms with Crippen LogP contribution in [0.1, 0.15) is 6.92 Å². The third-order valence-corrected chi connectivity index (χ3v) is 2.12. The van der Waals surface area contributed by atoms with Crippen molar-refractivity contribution < 1.29 is 9.47 Å². The van der Waals surface area contributed by atoms with Crippen LogP contribution in [-0.2, 0) is 0 Å². The standard InChI is InChI=1S/C15H18O2/c1-4-5-6-7-13(2)12-17-15-10-8-14(16-3)9-11-15/h4-11H,2,12H2,1,3H3/b5-4-,7-6-. The Morgan fingerprint density at radius 1 is 1.18 bits per heavy atom. The molecule has 0 aromatic heterocycles. The summed E-state index contributed by atoms with van der Waals surface area (Å²) in [7, 11) is 1.64. The smallest absolute Gasteiger partial charge is 0.120 e. The number of methoxy groups -OCH3 is 1. The molecule has 0 saturated carbocycles. The highest BCUT2D eigenvalue weighted by Crippen LogP contribution is 2.17. The Kier molecular flexibility index (Phi) is 5.66. The molecular formula is C15H18O2. The fraction of sp³-hybridized carbons (Fsp3) is 0.200. The predicted molar refractivity (Wildman–Crippen MR) is 71.6 cm³/mol. The Morgan fingerprint density at radius 3 is 2.41 bits per heavy atom. The van der Waals surface area contributed by atoms with Crippen molar-refractivity contribution in [1.82, 2.24) is 0 Å². The highest BCUT2D eigenvalue weighted by Gasteiger charge is 1.95. The minimum Gasteiger partial charge on any atom is -0.497 e. The SMILES string of the molecule is C=C(/C=C\C=C/C)COc1ccc(OC)cc1. The Hall–Kier alpha value is -1.96. The average molecular weight is 230 g/mol. The van der Waals surface area contributed by atoms with Crippen molar-refractivity contribution in [2.24, 2.45) is 0 Å². The van der Waals surface area contributed by atoms with E-state index in [0.29, 0.717) is 6.61 Å². The van der Waals surface area contributed by atoms with Crippen molar-refractivity contribution in [1.29, 1.82) is 0 Å². The molecule has 2 heteroatoms. The van der Waals surface area contributed by atoms with Gasteiger partial charge in [0.25, 0.3) is 0 Å². The van der Waals surface area contributed by atoms with Crippen molar-refractivity contribution >= 4 is 0 Å². The van der Waals surface area contributed by atoms with E-state index in [4.69, 9.17) is 9.47 Å². The van der Waals surface area contributed by atoms with E-state index in [1.165, 1.54) is 0 Å². The normalized spacial score (nSPS) is 10.9. The maximum Gasteiger partial charge on any atom is 0.120 e. The van der Waals surface area contributed by atoms with Crippen molar-refractivity contribution in [2.45, 2.75) is 6.92 Å². The maximum absolute atomic E-state index is 5.57. The molecule has 0 fully saturated rings. The largest absolute Gasteiger partial charge is 0.497 e. The minimum absolute atomic E-state index is 0.486. The number of allylic oxidation sites excluding steroid dienone is 3. The van der Waals surface area contributed by atoms with Crippen LogP contribution in [0.15, 0.2) is 60.7 Å². The molecular weight excluding hydrogens is 212 g/mol. The molecule has 2 nitrogen and oxygen atoms in total. The predicted octanol–water partition coefficient (Wildman–Crippen LogP) is 3.76. The van der Waals surface area contributed by atoms with Crippen molar-refractivity contribution in [2.75, 3.05) is 13.7 Å². The van der Waals surface area contributed by atoms with Crippen LogP contribution in [0, 0.1) is 0 Å². The molecule has 0 atom stereocenters. The van der Waals surface area contributed by atoms with Crippen LogP contribution in [-0.4, -0.2) is 13.7 Å². The number of hydrogen-bond donors (Lipinski definition) is 0. The summed E-state index contributed by atoms with van der Waals surface area (Å²) in [6, 6.07) is 7.49. The first-order valence-corrected chi connectivity index (χ1v) is 5.50. The quantitative estimate of drug-likeness (QED) is 0.693. The molecule has 0 bridgehead atoms. The van der Waals surface area contributed by atoms with E-state index in [0.717, 1.165) is 17.1 Å². The van der Waals surface area contributed by atoms with Gasteiger partial charge in [-0.25, -0.2) is 0 Å². The summed E-state index contributed by atoms with van der Waals surface area (Å²) >= 11 is 0. The zero-order chi connectivity index (χ0) is 12.5. The zero-order valence-electron chi connectivity index (χ0n) is 10.3. The third kappa shape index (κ3) is 5.07. The Labute approximate surface area is 103 Å². The van der Waals surface area contributed by atoms with Gasteiger partial charge in [0.2, 0.25) is 0 Å². The lowest BCUT2D eigenvalue weighted by atomic mass is 10.3. The van der Waals surface area contributed by atoms with Gasteiger partial charge in [0.05, 0.1) is 7.11 Å². The molecule has 0 spiro atoms. The van der Waals surface area contributed by atoms with Gasteiger partial charge < -0.3 is 9.47 Å². The van der Waals surface area contributed by atoms with Gasteiger partial charge in [-0.1, -0.05) is 30.9 Å². The van der Waals surface area contributed by atoms with E-state index in [2.05, 4.69) is 6.58 Å². The second-order valence-electron chi connectivity index (χ2n) is 3.51. The molecule has 1 aromatic carbocycles. The highest BCUT2D eigenvalue weighted by molar-refractivity contribution is 5.31. The molecule has 0 heterocycles. The van der Waals surface area contributed by atoms with Crippen molar-refractivity contribution in [3.05, 3.63) is 60.7 Å². The molecule has 0 aliphatic rings. The number of hydrogen-bond acceptors (Lipinski definition) is 2. The van der Waals surface area contributed by atoms with Gasteiger partial charge in [-0.15, -0.1) is 0 Å². The topological polar surface area (TPSA) is 18.5 Å². The van der Waals surface area contributed by atoms with Crippen LogP contribution in [0.5, 0.6) is 11.5 Å². The van der Waals surface area contributed by atoms with Gasteiger partial charge in [0, 0.05) is 0 Å². The lowest BCUT2D eigenvalue weighted by Crippen LogP contribution is -1.98. The van der Waals surface area contributed by atoms with Gasteiger partial charge in [-0.05, 0) is 36.8 Å². The Balaban J connectivity index is 2.41. The van der Waals surface area contributed by atoms with E-state index in [1.807, 2.05) is 55.5 Å². The van der Waals surface area contributed by atoms with Crippen LogP contribution in [0.25, 0.3) is 0 Å². The first-order valence-electron chi connectivity index (χ1n) is 5.50.